The first kappa shape index (κ1) is 10.9. The molecular formula is C4H5F3N4O2S. The number of tetrazole rings is 1. The predicted molar refractivity (Wildman–Crippen MR) is 37.7 cm³/mol. The highest BCUT2D eigenvalue weighted by atomic mass is 32.2. The number of nitrogens with zero attached hydrogens (tertiary/aromatic N) is 3. The van der Waals surface area contributed by atoms with Gasteiger partial charge in [-0.3, -0.25) is 0 Å². The maximum atomic E-state index is 11.7. The van der Waals surface area contributed by atoms with Gasteiger partial charge in [0.15, 0.2) is 15.7 Å². The Morgan fingerprint density at radius 2 is 2.00 bits per heavy atom. The molecule has 1 N–H and O–H groups in total. The van der Waals surface area contributed by atoms with Gasteiger partial charge in [0, 0.05) is 0 Å². The van der Waals surface area contributed by atoms with Gasteiger partial charge in [-0.25, -0.2) is 8.42 Å². The minimum atomic E-state index is -4.75. The quantitative estimate of drug-likeness (QED) is 0.768. The van der Waals surface area contributed by atoms with Crippen molar-refractivity contribution in [2.45, 2.75) is 11.9 Å². The van der Waals surface area contributed by atoms with Crippen LogP contribution in [0.15, 0.2) is 0 Å². The zero-order valence-electron chi connectivity index (χ0n) is 6.61. The number of hydrogen-bond donors (Lipinski definition) is 1. The standard InChI is InChI=1S/C4H5F3N4O2S/c5-4(6,7)2-14(12,13)1-3-8-10-11-9-3/h1-2H2,(H,8,9,10,11). The van der Waals surface area contributed by atoms with Crippen LogP contribution in [0.2, 0.25) is 0 Å². The minimum absolute atomic E-state index is 0.283. The molecule has 6 nitrogen and oxygen atoms in total. The summed E-state index contributed by atoms with van der Waals surface area (Å²) in [7, 11) is -4.27. The van der Waals surface area contributed by atoms with Crippen LogP contribution in [0.1, 0.15) is 5.82 Å². The molecule has 0 aromatic carbocycles. The van der Waals surface area contributed by atoms with Gasteiger partial charge >= 0.3 is 6.18 Å². The van der Waals surface area contributed by atoms with Crippen molar-refractivity contribution < 1.29 is 21.6 Å². The van der Waals surface area contributed by atoms with Crippen molar-refractivity contribution in [2.24, 2.45) is 0 Å². The number of H-pyrrole nitrogens is 1. The molecule has 0 saturated heterocycles. The predicted octanol–water partition coefficient (Wildman–Crippen LogP) is -0.323. The summed E-state index contributed by atoms with van der Waals surface area (Å²) in [6.07, 6.45) is -4.75. The zero-order chi connectivity index (χ0) is 10.8. The summed E-state index contributed by atoms with van der Waals surface area (Å²) in [5.41, 5.74) is 0. The maximum Gasteiger partial charge on any atom is 0.402 e. The summed E-state index contributed by atoms with van der Waals surface area (Å²) in [6, 6.07) is 0. The highest BCUT2D eigenvalue weighted by Crippen LogP contribution is 2.18. The Hall–Kier alpha value is -1.19. The third kappa shape index (κ3) is 3.68. The van der Waals surface area contributed by atoms with E-state index >= 15 is 0 Å². The molecule has 0 fully saturated rings. The van der Waals surface area contributed by atoms with Crippen molar-refractivity contribution >= 4 is 9.84 Å². The van der Waals surface area contributed by atoms with Gasteiger partial charge < -0.3 is 0 Å². The van der Waals surface area contributed by atoms with E-state index in [1.165, 1.54) is 0 Å². The van der Waals surface area contributed by atoms with Gasteiger partial charge in [-0.2, -0.15) is 18.4 Å². The highest BCUT2D eigenvalue weighted by Gasteiger charge is 2.35. The SMILES string of the molecule is O=S(=O)(Cc1nn[nH]n1)CC(F)(F)F. The molecule has 10 heteroatoms. The fraction of sp³-hybridized carbons (Fsp3) is 0.750. The van der Waals surface area contributed by atoms with Gasteiger partial charge in [0.25, 0.3) is 0 Å². The lowest BCUT2D eigenvalue weighted by Crippen LogP contribution is -2.24. The second-order valence-electron chi connectivity index (χ2n) is 2.48. The van der Waals surface area contributed by atoms with Crippen molar-refractivity contribution in [1.82, 2.24) is 20.6 Å². The van der Waals surface area contributed by atoms with E-state index in [0.29, 0.717) is 0 Å². The highest BCUT2D eigenvalue weighted by molar-refractivity contribution is 7.90. The smallest absolute Gasteiger partial charge is 0.228 e. The molecule has 1 aromatic heterocycles. The van der Waals surface area contributed by atoms with Crippen molar-refractivity contribution in [3.63, 3.8) is 0 Å². The summed E-state index contributed by atoms with van der Waals surface area (Å²) in [6.45, 7) is 0. The Bertz CT molecular complexity index is 383. The first-order valence-electron chi connectivity index (χ1n) is 3.28. The number of aromatic amines is 1. The Morgan fingerprint density at radius 1 is 1.36 bits per heavy atom. The van der Waals surface area contributed by atoms with Crippen molar-refractivity contribution in [3.05, 3.63) is 5.82 Å². The fourth-order valence-corrected chi connectivity index (χ4v) is 1.86. The van der Waals surface area contributed by atoms with Crippen LogP contribution in [0.25, 0.3) is 0 Å². The number of halogens is 3. The van der Waals surface area contributed by atoms with E-state index in [1.807, 2.05) is 5.21 Å². The van der Waals surface area contributed by atoms with Crippen LogP contribution in [0.4, 0.5) is 13.2 Å². The van der Waals surface area contributed by atoms with Gasteiger partial charge in [-0.1, -0.05) is 5.21 Å². The molecule has 80 valence electrons. The van der Waals surface area contributed by atoms with Gasteiger partial charge in [-0.15, -0.1) is 10.2 Å². The lowest BCUT2D eigenvalue weighted by Gasteiger charge is -2.05. The van der Waals surface area contributed by atoms with Gasteiger partial charge in [-0.05, 0) is 0 Å². The molecule has 0 aliphatic rings. The molecule has 0 saturated carbocycles. The van der Waals surface area contributed by atoms with E-state index in [9.17, 15) is 21.6 Å². The molecule has 0 atom stereocenters. The van der Waals surface area contributed by atoms with Crippen LogP contribution in [0.3, 0.4) is 0 Å². The van der Waals surface area contributed by atoms with E-state index in [1.54, 1.807) is 0 Å². The topological polar surface area (TPSA) is 88.6 Å². The van der Waals surface area contributed by atoms with Crippen molar-refractivity contribution in [2.75, 3.05) is 5.75 Å². The fourth-order valence-electron chi connectivity index (χ4n) is 0.741. The lowest BCUT2D eigenvalue weighted by molar-refractivity contribution is -0.106. The summed E-state index contributed by atoms with van der Waals surface area (Å²) < 4.78 is 57.0. The molecule has 0 bridgehead atoms. The molecule has 0 radical (unpaired) electrons. The molecule has 0 aliphatic heterocycles. The second-order valence-corrected chi connectivity index (χ2v) is 4.54. The molecule has 1 rings (SSSR count). The van der Waals surface area contributed by atoms with Crippen LogP contribution >= 0.6 is 0 Å². The molecular weight excluding hydrogens is 225 g/mol. The van der Waals surface area contributed by atoms with Crippen LogP contribution in [-0.2, 0) is 15.6 Å². The summed E-state index contributed by atoms with van der Waals surface area (Å²) in [4.78, 5) is 0. The van der Waals surface area contributed by atoms with Crippen molar-refractivity contribution in [1.29, 1.82) is 0 Å². The first-order chi connectivity index (χ1) is 6.29. The van der Waals surface area contributed by atoms with Crippen LogP contribution < -0.4 is 0 Å². The van der Waals surface area contributed by atoms with E-state index in [-0.39, 0.29) is 5.82 Å². The number of rotatable bonds is 3. The van der Waals surface area contributed by atoms with Crippen LogP contribution in [0.5, 0.6) is 0 Å². The van der Waals surface area contributed by atoms with E-state index < -0.39 is 27.5 Å². The summed E-state index contributed by atoms with van der Waals surface area (Å²) >= 11 is 0. The molecule has 0 amide bonds. The second kappa shape index (κ2) is 3.52. The number of nitrogens with one attached hydrogen (secondary N) is 1. The zero-order valence-corrected chi connectivity index (χ0v) is 7.43. The molecule has 1 aromatic rings. The number of alkyl halides is 3. The molecule has 0 unspecified atom stereocenters. The summed E-state index contributed by atoms with van der Waals surface area (Å²) in [5, 5.41) is 11.4. The molecule has 1 heterocycles. The van der Waals surface area contributed by atoms with Gasteiger partial charge in [0.05, 0.1) is 0 Å². The Balaban J connectivity index is 2.69. The Kier molecular flexibility index (Phi) is 2.73. The van der Waals surface area contributed by atoms with Gasteiger partial charge in [0.2, 0.25) is 0 Å². The Labute approximate surface area is 76.4 Å². The van der Waals surface area contributed by atoms with E-state index in [2.05, 4.69) is 15.4 Å². The van der Waals surface area contributed by atoms with Crippen LogP contribution in [0, 0.1) is 0 Å². The third-order valence-corrected chi connectivity index (χ3v) is 2.59. The largest absolute Gasteiger partial charge is 0.402 e. The summed E-state index contributed by atoms with van der Waals surface area (Å²) in [5.74, 6) is -3.04. The molecule has 0 spiro atoms. The average molecular weight is 230 g/mol. The van der Waals surface area contributed by atoms with E-state index in [0.717, 1.165) is 0 Å². The third-order valence-electron chi connectivity index (χ3n) is 1.12. The Morgan fingerprint density at radius 3 is 2.43 bits per heavy atom. The number of sulfone groups is 1. The van der Waals surface area contributed by atoms with Gasteiger partial charge in [0.1, 0.15) is 11.5 Å². The van der Waals surface area contributed by atoms with E-state index in [4.69, 9.17) is 0 Å². The number of aromatic nitrogens is 4. The molecule has 14 heavy (non-hydrogen) atoms. The monoisotopic (exact) mass is 230 g/mol. The lowest BCUT2D eigenvalue weighted by atomic mass is 10.7. The minimum Gasteiger partial charge on any atom is -0.228 e. The first-order valence-corrected chi connectivity index (χ1v) is 5.10. The van der Waals surface area contributed by atoms with Crippen LogP contribution in [-0.4, -0.2) is 41.0 Å². The van der Waals surface area contributed by atoms with Crippen molar-refractivity contribution in [3.8, 4) is 0 Å². The number of hydrogen-bond acceptors (Lipinski definition) is 5. The normalized spacial score (nSPS) is 13.1. The molecule has 0 aliphatic carbocycles. The average Bonchev–Trinajstić information content (AvgIpc) is 2.31. The maximum absolute atomic E-state index is 11.7.